The van der Waals surface area contributed by atoms with Crippen LogP contribution >= 0.6 is 0 Å². The summed E-state index contributed by atoms with van der Waals surface area (Å²) in [5.41, 5.74) is 4.26. The molecular weight excluding hydrogens is 348 g/mol. The SMILES string of the molecule is Cc1cc(Oc2ccc(/C=C(/C(=O)O)c3ccccc3)cc2)ccc1C(C)C. The van der Waals surface area contributed by atoms with Crippen LogP contribution < -0.4 is 4.74 Å². The van der Waals surface area contributed by atoms with Crippen LogP contribution in [0, 0.1) is 6.92 Å². The van der Waals surface area contributed by atoms with E-state index in [0.29, 0.717) is 17.2 Å². The van der Waals surface area contributed by atoms with Gasteiger partial charge in [-0.1, -0.05) is 62.4 Å². The Morgan fingerprint density at radius 1 is 0.929 bits per heavy atom. The number of hydrogen-bond acceptors (Lipinski definition) is 2. The lowest BCUT2D eigenvalue weighted by Crippen LogP contribution is -1.99. The average Bonchev–Trinajstić information content (AvgIpc) is 2.67. The lowest BCUT2D eigenvalue weighted by Gasteiger charge is -2.12. The van der Waals surface area contributed by atoms with Crippen molar-refractivity contribution in [3.05, 3.63) is 95.1 Å². The summed E-state index contributed by atoms with van der Waals surface area (Å²) >= 11 is 0. The Bertz CT molecular complexity index is 984. The fraction of sp³-hybridized carbons (Fsp3) is 0.160. The van der Waals surface area contributed by atoms with E-state index in [4.69, 9.17) is 4.74 Å². The van der Waals surface area contributed by atoms with Crippen molar-refractivity contribution in [2.24, 2.45) is 0 Å². The molecule has 0 aliphatic carbocycles. The molecule has 0 radical (unpaired) electrons. The summed E-state index contributed by atoms with van der Waals surface area (Å²) in [5, 5.41) is 9.53. The minimum Gasteiger partial charge on any atom is -0.478 e. The Kier molecular flexibility index (Phi) is 5.95. The third kappa shape index (κ3) is 4.68. The highest BCUT2D eigenvalue weighted by Crippen LogP contribution is 2.28. The predicted octanol–water partition coefficient (Wildman–Crippen LogP) is 6.54. The first-order valence-electron chi connectivity index (χ1n) is 9.33. The number of hydrogen-bond donors (Lipinski definition) is 1. The van der Waals surface area contributed by atoms with E-state index >= 15 is 0 Å². The van der Waals surface area contributed by atoms with E-state index in [9.17, 15) is 9.90 Å². The summed E-state index contributed by atoms with van der Waals surface area (Å²) in [5.74, 6) is 1.03. The van der Waals surface area contributed by atoms with E-state index in [-0.39, 0.29) is 5.57 Å². The van der Waals surface area contributed by atoms with Crippen LogP contribution in [0.15, 0.2) is 72.8 Å². The molecule has 0 atom stereocenters. The molecule has 0 spiro atoms. The highest BCUT2D eigenvalue weighted by molar-refractivity contribution is 6.20. The van der Waals surface area contributed by atoms with Crippen LogP contribution in [0.25, 0.3) is 11.6 Å². The average molecular weight is 372 g/mol. The molecule has 28 heavy (non-hydrogen) atoms. The van der Waals surface area contributed by atoms with Gasteiger partial charge in [0.15, 0.2) is 0 Å². The standard InChI is InChI=1S/C25H24O3/c1-17(2)23-14-13-22(15-18(23)3)28-21-11-9-19(10-12-21)16-24(25(26)27)20-7-5-4-6-8-20/h4-17H,1-3H3,(H,26,27)/b24-16+. The normalized spacial score (nSPS) is 11.5. The fourth-order valence-electron chi connectivity index (χ4n) is 3.18. The second-order valence-electron chi connectivity index (χ2n) is 7.07. The van der Waals surface area contributed by atoms with Crippen molar-refractivity contribution in [3.8, 4) is 11.5 Å². The number of aryl methyl sites for hydroxylation is 1. The lowest BCUT2D eigenvalue weighted by molar-refractivity contribution is -0.130. The molecule has 3 heteroatoms. The van der Waals surface area contributed by atoms with Crippen LogP contribution in [0.3, 0.4) is 0 Å². The van der Waals surface area contributed by atoms with E-state index in [1.165, 1.54) is 11.1 Å². The van der Waals surface area contributed by atoms with E-state index in [1.807, 2.05) is 54.6 Å². The molecule has 0 amide bonds. The smallest absolute Gasteiger partial charge is 0.336 e. The largest absolute Gasteiger partial charge is 0.478 e. The van der Waals surface area contributed by atoms with Crippen LogP contribution in [-0.4, -0.2) is 11.1 Å². The van der Waals surface area contributed by atoms with E-state index in [2.05, 4.69) is 26.8 Å². The molecule has 0 aromatic heterocycles. The number of ether oxygens (including phenoxy) is 1. The molecule has 1 N–H and O–H groups in total. The van der Waals surface area contributed by atoms with Gasteiger partial charge >= 0.3 is 5.97 Å². The molecule has 0 heterocycles. The van der Waals surface area contributed by atoms with E-state index in [1.54, 1.807) is 18.2 Å². The van der Waals surface area contributed by atoms with Gasteiger partial charge in [0.05, 0.1) is 5.57 Å². The first kappa shape index (κ1) is 19.4. The fourth-order valence-corrected chi connectivity index (χ4v) is 3.18. The van der Waals surface area contributed by atoms with Crippen LogP contribution in [0.2, 0.25) is 0 Å². The van der Waals surface area contributed by atoms with Crippen molar-refractivity contribution in [1.82, 2.24) is 0 Å². The Morgan fingerprint density at radius 3 is 2.14 bits per heavy atom. The Labute approximate surface area is 165 Å². The van der Waals surface area contributed by atoms with Crippen LogP contribution in [-0.2, 0) is 4.79 Å². The van der Waals surface area contributed by atoms with Gasteiger partial charge in [-0.3, -0.25) is 0 Å². The zero-order chi connectivity index (χ0) is 20.1. The van der Waals surface area contributed by atoms with Crippen molar-refractivity contribution in [2.75, 3.05) is 0 Å². The summed E-state index contributed by atoms with van der Waals surface area (Å²) in [6.07, 6.45) is 1.67. The summed E-state index contributed by atoms with van der Waals surface area (Å²) in [7, 11) is 0. The minimum absolute atomic E-state index is 0.258. The van der Waals surface area contributed by atoms with Crippen molar-refractivity contribution >= 4 is 17.6 Å². The first-order valence-corrected chi connectivity index (χ1v) is 9.33. The number of carboxylic acid groups (broad SMARTS) is 1. The zero-order valence-corrected chi connectivity index (χ0v) is 16.3. The maximum absolute atomic E-state index is 11.6. The Morgan fingerprint density at radius 2 is 1.57 bits per heavy atom. The molecule has 0 unspecified atom stereocenters. The number of carbonyl (C=O) groups is 1. The highest BCUT2D eigenvalue weighted by Gasteiger charge is 2.10. The predicted molar refractivity (Wildman–Crippen MR) is 114 cm³/mol. The molecule has 3 rings (SSSR count). The molecule has 0 saturated carbocycles. The van der Waals surface area contributed by atoms with E-state index < -0.39 is 5.97 Å². The minimum atomic E-state index is -0.952. The van der Waals surface area contributed by atoms with Crippen molar-refractivity contribution < 1.29 is 14.6 Å². The van der Waals surface area contributed by atoms with Crippen molar-refractivity contribution in [3.63, 3.8) is 0 Å². The molecule has 3 aromatic carbocycles. The number of carboxylic acids is 1. The topological polar surface area (TPSA) is 46.5 Å². The molecule has 0 aliphatic heterocycles. The van der Waals surface area contributed by atoms with Gasteiger partial charge < -0.3 is 9.84 Å². The maximum atomic E-state index is 11.6. The second-order valence-corrected chi connectivity index (χ2v) is 7.07. The molecule has 0 fully saturated rings. The quantitative estimate of drug-likeness (QED) is 0.395. The summed E-state index contributed by atoms with van der Waals surface area (Å²) in [6.45, 7) is 6.44. The van der Waals surface area contributed by atoms with Gasteiger partial charge in [-0.2, -0.15) is 0 Å². The Balaban J connectivity index is 1.80. The number of aliphatic carboxylic acids is 1. The van der Waals surface area contributed by atoms with Gasteiger partial charge in [0.2, 0.25) is 0 Å². The van der Waals surface area contributed by atoms with Gasteiger partial charge in [0, 0.05) is 0 Å². The Hall–Kier alpha value is -3.33. The van der Waals surface area contributed by atoms with Gasteiger partial charge in [-0.15, -0.1) is 0 Å². The third-order valence-corrected chi connectivity index (χ3v) is 4.61. The van der Waals surface area contributed by atoms with Gasteiger partial charge in [0.25, 0.3) is 0 Å². The molecule has 3 nitrogen and oxygen atoms in total. The zero-order valence-electron chi connectivity index (χ0n) is 16.3. The van der Waals surface area contributed by atoms with E-state index in [0.717, 1.165) is 11.3 Å². The van der Waals surface area contributed by atoms with Gasteiger partial charge in [-0.25, -0.2) is 4.79 Å². The number of rotatable bonds is 6. The highest BCUT2D eigenvalue weighted by atomic mass is 16.5. The molecule has 0 aliphatic rings. The van der Waals surface area contributed by atoms with Gasteiger partial charge in [0.1, 0.15) is 11.5 Å². The van der Waals surface area contributed by atoms with Crippen LogP contribution in [0.1, 0.15) is 42.0 Å². The molecular formula is C25H24O3. The van der Waals surface area contributed by atoms with Crippen LogP contribution in [0.5, 0.6) is 11.5 Å². The first-order chi connectivity index (χ1) is 13.4. The molecule has 0 bridgehead atoms. The third-order valence-electron chi connectivity index (χ3n) is 4.61. The monoisotopic (exact) mass is 372 g/mol. The molecule has 3 aromatic rings. The maximum Gasteiger partial charge on any atom is 0.336 e. The van der Waals surface area contributed by atoms with Crippen molar-refractivity contribution in [1.29, 1.82) is 0 Å². The number of benzene rings is 3. The van der Waals surface area contributed by atoms with Crippen molar-refractivity contribution in [2.45, 2.75) is 26.7 Å². The summed E-state index contributed by atoms with van der Waals surface area (Å²) in [4.78, 5) is 11.6. The molecule has 142 valence electrons. The van der Waals surface area contributed by atoms with Crippen LogP contribution in [0.4, 0.5) is 0 Å². The van der Waals surface area contributed by atoms with Gasteiger partial charge in [-0.05, 0) is 65.4 Å². The lowest BCUT2D eigenvalue weighted by atomic mass is 9.98. The molecule has 0 saturated heterocycles. The second kappa shape index (κ2) is 8.57. The summed E-state index contributed by atoms with van der Waals surface area (Å²) in [6, 6.07) is 22.6. The summed E-state index contributed by atoms with van der Waals surface area (Å²) < 4.78 is 5.95.